The zero-order valence-corrected chi connectivity index (χ0v) is 17.3. The van der Waals surface area contributed by atoms with Crippen LogP contribution in [0.1, 0.15) is 30.2 Å². The Balaban J connectivity index is 1.55. The Kier molecular flexibility index (Phi) is 4.35. The summed E-state index contributed by atoms with van der Waals surface area (Å²) in [6.07, 6.45) is 6.67. The molecule has 2 aromatic heterocycles. The van der Waals surface area contributed by atoms with Gasteiger partial charge in [0.1, 0.15) is 0 Å². The molecule has 0 fully saturated rings. The van der Waals surface area contributed by atoms with E-state index in [9.17, 15) is 4.79 Å². The van der Waals surface area contributed by atoms with Crippen molar-refractivity contribution >= 4 is 29.0 Å². The van der Waals surface area contributed by atoms with Crippen LogP contribution >= 0.6 is 11.6 Å². The second-order valence-corrected chi connectivity index (χ2v) is 8.22. The van der Waals surface area contributed by atoms with Crippen LogP contribution in [0.4, 0.5) is 11.5 Å². The number of carbonyl (C=O) groups excluding carboxylic acids is 1. The van der Waals surface area contributed by atoms with Crippen LogP contribution in [0.5, 0.6) is 0 Å². The molecule has 0 aliphatic carbocycles. The molecule has 2 aliphatic rings. The van der Waals surface area contributed by atoms with Crippen LogP contribution in [-0.4, -0.2) is 43.9 Å². The first-order valence-electron chi connectivity index (χ1n) is 9.92. The second kappa shape index (κ2) is 6.91. The van der Waals surface area contributed by atoms with E-state index in [0.717, 1.165) is 66.2 Å². The van der Waals surface area contributed by atoms with E-state index in [-0.39, 0.29) is 5.91 Å². The predicted molar refractivity (Wildman–Crippen MR) is 112 cm³/mol. The third-order valence-electron chi connectivity index (χ3n) is 5.92. The Morgan fingerprint density at radius 3 is 2.86 bits per heavy atom. The minimum Gasteiger partial charge on any atom is -0.338 e. The van der Waals surface area contributed by atoms with Crippen molar-refractivity contribution in [1.82, 2.24) is 24.9 Å². The summed E-state index contributed by atoms with van der Waals surface area (Å²) in [4.78, 5) is 16.0. The summed E-state index contributed by atoms with van der Waals surface area (Å²) < 4.78 is 1.79. The third kappa shape index (κ3) is 3.09. The summed E-state index contributed by atoms with van der Waals surface area (Å²) in [5.74, 6) is 1.02. The summed E-state index contributed by atoms with van der Waals surface area (Å²) >= 11 is 6.70. The average Bonchev–Trinajstić information content (AvgIpc) is 3.32. The summed E-state index contributed by atoms with van der Waals surface area (Å²) in [5.41, 5.74) is 6.63. The Bertz CT molecular complexity index is 1100. The predicted octanol–water partition coefficient (Wildman–Crippen LogP) is 3.45. The molecule has 0 bridgehead atoms. The highest BCUT2D eigenvalue weighted by Crippen LogP contribution is 2.41. The first-order valence-corrected chi connectivity index (χ1v) is 10.3. The molecule has 29 heavy (non-hydrogen) atoms. The fourth-order valence-corrected chi connectivity index (χ4v) is 4.65. The van der Waals surface area contributed by atoms with Gasteiger partial charge in [-0.2, -0.15) is 10.2 Å². The number of amides is 1. The van der Waals surface area contributed by atoms with Crippen molar-refractivity contribution in [2.24, 2.45) is 7.05 Å². The van der Waals surface area contributed by atoms with Crippen molar-refractivity contribution in [3.63, 3.8) is 0 Å². The third-order valence-corrected chi connectivity index (χ3v) is 6.23. The molecule has 7 nitrogen and oxygen atoms in total. The van der Waals surface area contributed by atoms with E-state index in [4.69, 9.17) is 11.6 Å². The Labute approximate surface area is 174 Å². The standard InChI is InChI=1S/C21H23ClN6O/c1-13(29)27-7-5-19-17(12-27)21(25-24-19)28-6-3-4-14-8-16(18(22)9-20(14)28)15-10-23-26(2)11-15/h8-11H,3-7,12H2,1-2H3,(H,24,25). The lowest BCUT2D eigenvalue weighted by Crippen LogP contribution is -2.35. The highest BCUT2D eigenvalue weighted by atomic mass is 35.5. The van der Waals surface area contributed by atoms with Gasteiger partial charge in [0.2, 0.25) is 5.91 Å². The highest BCUT2D eigenvalue weighted by molar-refractivity contribution is 6.33. The molecule has 5 rings (SSSR count). The number of aryl methyl sites for hydroxylation is 2. The highest BCUT2D eigenvalue weighted by Gasteiger charge is 2.29. The number of aromatic amines is 1. The van der Waals surface area contributed by atoms with Crippen LogP contribution in [0.2, 0.25) is 5.02 Å². The maximum absolute atomic E-state index is 11.9. The van der Waals surface area contributed by atoms with Gasteiger partial charge in [0.25, 0.3) is 0 Å². The first kappa shape index (κ1) is 18.2. The van der Waals surface area contributed by atoms with E-state index in [2.05, 4.69) is 26.3 Å². The number of halogens is 1. The van der Waals surface area contributed by atoms with Crippen molar-refractivity contribution in [1.29, 1.82) is 0 Å². The van der Waals surface area contributed by atoms with Crippen molar-refractivity contribution < 1.29 is 4.79 Å². The molecule has 150 valence electrons. The van der Waals surface area contributed by atoms with Gasteiger partial charge >= 0.3 is 0 Å². The molecule has 0 saturated heterocycles. The van der Waals surface area contributed by atoms with Crippen LogP contribution in [-0.2, 0) is 31.2 Å². The Hall–Kier alpha value is -2.80. The van der Waals surface area contributed by atoms with Crippen LogP contribution in [0, 0.1) is 0 Å². The van der Waals surface area contributed by atoms with Crippen molar-refractivity contribution in [2.45, 2.75) is 32.7 Å². The summed E-state index contributed by atoms with van der Waals surface area (Å²) in [5, 5.41) is 12.8. The number of anilines is 2. The lowest BCUT2D eigenvalue weighted by Gasteiger charge is -2.33. The average molecular weight is 411 g/mol. The fraction of sp³-hybridized carbons (Fsp3) is 0.381. The van der Waals surface area contributed by atoms with Gasteiger partial charge in [0.05, 0.1) is 17.8 Å². The van der Waals surface area contributed by atoms with E-state index in [1.807, 2.05) is 30.4 Å². The number of carbonyl (C=O) groups is 1. The minimum atomic E-state index is 0.103. The molecule has 0 spiro atoms. The fourth-order valence-electron chi connectivity index (χ4n) is 4.38. The minimum absolute atomic E-state index is 0.103. The van der Waals surface area contributed by atoms with E-state index in [1.165, 1.54) is 5.56 Å². The lowest BCUT2D eigenvalue weighted by atomic mass is 9.96. The molecule has 0 radical (unpaired) electrons. The van der Waals surface area contributed by atoms with Crippen molar-refractivity contribution in [3.05, 3.63) is 46.4 Å². The molecule has 4 heterocycles. The molecule has 2 aliphatic heterocycles. The van der Waals surface area contributed by atoms with Gasteiger partial charge in [0.15, 0.2) is 5.82 Å². The normalized spacial score (nSPS) is 16.0. The van der Waals surface area contributed by atoms with Gasteiger partial charge in [-0.05, 0) is 30.5 Å². The molecule has 0 atom stereocenters. The lowest BCUT2D eigenvalue weighted by molar-refractivity contribution is -0.129. The summed E-state index contributed by atoms with van der Waals surface area (Å²) in [7, 11) is 1.91. The van der Waals surface area contributed by atoms with Gasteiger partial charge in [-0.1, -0.05) is 11.6 Å². The zero-order valence-electron chi connectivity index (χ0n) is 16.6. The van der Waals surface area contributed by atoms with Crippen molar-refractivity contribution in [3.8, 4) is 11.1 Å². The first-order chi connectivity index (χ1) is 14.0. The summed E-state index contributed by atoms with van der Waals surface area (Å²) in [6.45, 7) is 3.85. The number of fused-ring (bicyclic) bond motifs is 2. The molecule has 8 heteroatoms. The molecular weight excluding hydrogens is 388 g/mol. The van der Waals surface area contributed by atoms with Gasteiger partial charge in [-0.15, -0.1) is 0 Å². The Morgan fingerprint density at radius 2 is 2.10 bits per heavy atom. The quantitative estimate of drug-likeness (QED) is 0.702. The maximum Gasteiger partial charge on any atom is 0.219 e. The number of hydrogen-bond donors (Lipinski definition) is 1. The number of benzene rings is 1. The van der Waals surface area contributed by atoms with E-state index >= 15 is 0 Å². The molecule has 1 amide bonds. The number of nitrogens with zero attached hydrogens (tertiary/aromatic N) is 5. The van der Waals surface area contributed by atoms with Crippen LogP contribution < -0.4 is 4.90 Å². The van der Waals surface area contributed by atoms with Gasteiger partial charge in [-0.3, -0.25) is 14.6 Å². The number of hydrogen-bond acceptors (Lipinski definition) is 4. The van der Waals surface area contributed by atoms with Crippen molar-refractivity contribution in [2.75, 3.05) is 18.0 Å². The molecule has 3 aromatic rings. The molecule has 1 N–H and O–H groups in total. The number of aromatic nitrogens is 4. The van der Waals surface area contributed by atoms with Gasteiger partial charge in [0, 0.05) is 67.8 Å². The van der Waals surface area contributed by atoms with Crippen LogP contribution in [0.25, 0.3) is 11.1 Å². The zero-order chi connectivity index (χ0) is 20.1. The van der Waals surface area contributed by atoms with Gasteiger partial charge in [-0.25, -0.2) is 0 Å². The van der Waals surface area contributed by atoms with E-state index in [1.54, 1.807) is 11.6 Å². The van der Waals surface area contributed by atoms with Gasteiger partial charge < -0.3 is 9.80 Å². The largest absolute Gasteiger partial charge is 0.338 e. The van der Waals surface area contributed by atoms with E-state index < -0.39 is 0 Å². The van der Waals surface area contributed by atoms with Crippen LogP contribution in [0.3, 0.4) is 0 Å². The number of rotatable bonds is 2. The number of H-pyrrole nitrogens is 1. The smallest absolute Gasteiger partial charge is 0.219 e. The molecule has 1 aromatic carbocycles. The number of nitrogens with one attached hydrogen (secondary N) is 1. The monoisotopic (exact) mass is 410 g/mol. The van der Waals surface area contributed by atoms with E-state index in [0.29, 0.717) is 11.6 Å². The topological polar surface area (TPSA) is 70.1 Å². The molecular formula is C21H23ClN6O. The Morgan fingerprint density at radius 1 is 1.24 bits per heavy atom. The van der Waals surface area contributed by atoms with Crippen LogP contribution in [0.15, 0.2) is 24.5 Å². The molecule has 0 unspecified atom stereocenters. The second-order valence-electron chi connectivity index (χ2n) is 7.81. The SMILES string of the molecule is CC(=O)N1CCc2[nH]nc(N3CCCc4cc(-c5cnn(C)c5)c(Cl)cc43)c2C1. The maximum atomic E-state index is 11.9. The molecule has 0 saturated carbocycles. The summed E-state index contributed by atoms with van der Waals surface area (Å²) in [6, 6.07) is 4.23.